The molecular weight excluding hydrogens is 524 g/mol. The van der Waals surface area contributed by atoms with E-state index in [2.05, 4.69) is 20.4 Å². The van der Waals surface area contributed by atoms with Crippen molar-refractivity contribution in [2.75, 3.05) is 24.5 Å². The average Bonchev–Trinajstić information content (AvgIpc) is 3.62. The summed E-state index contributed by atoms with van der Waals surface area (Å²) in [6, 6.07) is 3.66. The van der Waals surface area contributed by atoms with Crippen LogP contribution < -0.4 is 26.0 Å². The Morgan fingerprint density at radius 3 is 2.64 bits per heavy atom. The Morgan fingerprint density at radius 2 is 2.03 bits per heavy atom. The molecule has 2 saturated heterocycles. The van der Waals surface area contributed by atoms with E-state index in [1.807, 2.05) is 4.90 Å². The molecule has 5 rings (SSSR count). The highest BCUT2D eigenvalue weighted by Gasteiger charge is 2.49. The number of nitrogens with zero attached hydrogens (tertiary/aromatic N) is 4. The van der Waals surface area contributed by atoms with Gasteiger partial charge in [0.25, 0.3) is 0 Å². The van der Waals surface area contributed by atoms with Gasteiger partial charge in [-0.05, 0) is 31.4 Å². The zero-order valence-electron chi connectivity index (χ0n) is 21.1. The molecule has 1 aliphatic carbocycles. The van der Waals surface area contributed by atoms with Crippen molar-refractivity contribution >= 4 is 17.8 Å². The Hall–Kier alpha value is -3.84. The van der Waals surface area contributed by atoms with Crippen molar-refractivity contribution in [1.29, 1.82) is 0 Å². The van der Waals surface area contributed by atoms with Gasteiger partial charge in [0.05, 0.1) is 6.04 Å². The molecule has 0 radical (unpaired) electrons. The van der Waals surface area contributed by atoms with Crippen LogP contribution in [0.25, 0.3) is 0 Å². The number of rotatable bonds is 6. The number of carbonyl (C=O) groups excluding carboxylic acids is 2. The molecule has 210 valence electrons. The maximum absolute atomic E-state index is 14.4. The normalized spacial score (nSPS) is 23.1. The van der Waals surface area contributed by atoms with Crippen LogP contribution in [0.5, 0.6) is 5.75 Å². The van der Waals surface area contributed by atoms with Crippen molar-refractivity contribution < 1.29 is 31.9 Å². The number of benzene rings is 1. The molecule has 2 unspecified atom stereocenters. The zero-order valence-corrected chi connectivity index (χ0v) is 21.1. The molecule has 1 aromatic carbocycles. The lowest BCUT2D eigenvalue weighted by atomic mass is 9.76. The van der Waals surface area contributed by atoms with Gasteiger partial charge in [0.1, 0.15) is 17.4 Å². The van der Waals surface area contributed by atoms with Gasteiger partial charge in [0.15, 0.2) is 0 Å². The van der Waals surface area contributed by atoms with Crippen molar-refractivity contribution in [1.82, 2.24) is 25.1 Å². The maximum atomic E-state index is 14.4. The number of aryl methyl sites for hydroxylation is 1. The van der Waals surface area contributed by atoms with E-state index in [9.17, 15) is 31.9 Å². The Kier molecular flexibility index (Phi) is 6.89. The Labute approximate surface area is 220 Å². The van der Waals surface area contributed by atoms with Crippen LogP contribution in [-0.4, -0.2) is 64.5 Å². The van der Waals surface area contributed by atoms with Crippen molar-refractivity contribution in [2.45, 2.75) is 50.7 Å². The summed E-state index contributed by atoms with van der Waals surface area (Å²) in [5.41, 5.74) is -0.878. The topological polar surface area (TPSA) is 109 Å². The fourth-order valence-electron chi connectivity index (χ4n) is 5.47. The minimum Gasteiger partial charge on any atom is -0.406 e. The SMILES string of the molecule is Cn1ccc(N2CC(N(C(=O)NCc3ccc(OC(F)(F)F)cc3F)C3CC3)CC3(CNC(=O)C3)C2)nc1=O. The van der Waals surface area contributed by atoms with Crippen LogP contribution in [0.15, 0.2) is 35.3 Å². The predicted octanol–water partition coefficient (Wildman–Crippen LogP) is 2.28. The van der Waals surface area contributed by atoms with Crippen LogP contribution in [0.1, 0.15) is 31.2 Å². The number of alkyl halides is 3. The first-order valence-electron chi connectivity index (χ1n) is 12.6. The Morgan fingerprint density at radius 1 is 1.26 bits per heavy atom. The molecule has 1 saturated carbocycles. The van der Waals surface area contributed by atoms with Crippen LogP contribution in [0, 0.1) is 11.2 Å². The predicted molar refractivity (Wildman–Crippen MR) is 130 cm³/mol. The van der Waals surface area contributed by atoms with Crippen LogP contribution in [0.3, 0.4) is 0 Å². The van der Waals surface area contributed by atoms with Gasteiger partial charge < -0.3 is 29.7 Å². The second kappa shape index (κ2) is 10.0. The lowest BCUT2D eigenvalue weighted by molar-refractivity contribution is -0.274. The molecule has 1 aromatic heterocycles. The Bertz CT molecular complexity index is 1330. The van der Waals surface area contributed by atoms with E-state index < -0.39 is 35.1 Å². The van der Waals surface area contributed by atoms with Crippen molar-refractivity contribution in [3.8, 4) is 5.75 Å². The van der Waals surface area contributed by atoms with E-state index in [0.717, 1.165) is 25.0 Å². The number of aromatic nitrogens is 2. The quantitative estimate of drug-likeness (QED) is 0.533. The van der Waals surface area contributed by atoms with Gasteiger partial charge in [0, 0.05) is 68.9 Å². The lowest BCUT2D eigenvalue weighted by Gasteiger charge is -2.47. The smallest absolute Gasteiger partial charge is 0.406 e. The molecule has 3 aliphatic rings. The standard InChI is InChI=1S/C25H28F4N6O4/c1-33-7-6-20(32-23(33)38)34-12-17(9-24(14-34)10-21(36)31-13-24)35(16-3-4-16)22(37)30-11-15-2-5-18(8-19(15)26)39-25(27,28)29/h2,5-8,16-17H,3-4,9-14H2,1H3,(H,30,37)(H,31,36). The summed E-state index contributed by atoms with van der Waals surface area (Å²) in [5, 5.41) is 5.58. The average molecular weight is 553 g/mol. The fraction of sp³-hybridized carbons (Fsp3) is 0.520. The summed E-state index contributed by atoms with van der Waals surface area (Å²) >= 11 is 0. The van der Waals surface area contributed by atoms with Crippen LogP contribution >= 0.6 is 0 Å². The van der Waals surface area contributed by atoms with Crippen LogP contribution in [-0.2, 0) is 18.4 Å². The highest BCUT2D eigenvalue weighted by molar-refractivity contribution is 5.79. The fourth-order valence-corrected chi connectivity index (χ4v) is 5.47. The number of urea groups is 1. The molecule has 14 heteroatoms. The molecule has 10 nitrogen and oxygen atoms in total. The molecule has 39 heavy (non-hydrogen) atoms. The van der Waals surface area contributed by atoms with E-state index >= 15 is 0 Å². The lowest BCUT2D eigenvalue weighted by Crippen LogP contribution is -2.59. The van der Waals surface area contributed by atoms with E-state index in [4.69, 9.17) is 0 Å². The number of nitrogens with one attached hydrogen (secondary N) is 2. The number of hydrogen-bond donors (Lipinski definition) is 2. The third-order valence-corrected chi connectivity index (χ3v) is 7.36. The molecule has 3 amide bonds. The molecule has 1 spiro atoms. The summed E-state index contributed by atoms with van der Waals surface area (Å²) in [7, 11) is 1.60. The molecule has 0 bridgehead atoms. The van der Waals surface area contributed by atoms with Gasteiger partial charge in [-0.2, -0.15) is 4.98 Å². The van der Waals surface area contributed by atoms with Crippen molar-refractivity contribution in [3.63, 3.8) is 0 Å². The van der Waals surface area contributed by atoms with E-state index in [1.54, 1.807) is 24.2 Å². The summed E-state index contributed by atoms with van der Waals surface area (Å²) in [5.74, 6) is -1.25. The van der Waals surface area contributed by atoms with Gasteiger partial charge in [-0.3, -0.25) is 4.79 Å². The largest absolute Gasteiger partial charge is 0.573 e. The number of piperidine rings is 1. The monoisotopic (exact) mass is 552 g/mol. The molecule has 2 atom stereocenters. The minimum absolute atomic E-state index is 0.00489. The van der Waals surface area contributed by atoms with Crippen LogP contribution in [0.2, 0.25) is 0 Å². The van der Waals surface area contributed by atoms with Gasteiger partial charge >= 0.3 is 18.1 Å². The number of anilines is 1. The summed E-state index contributed by atoms with van der Waals surface area (Å²) in [6.07, 6.45) is -0.923. The number of halogens is 4. The first-order chi connectivity index (χ1) is 18.4. The highest BCUT2D eigenvalue weighted by Crippen LogP contribution is 2.41. The number of hydrogen-bond acceptors (Lipinski definition) is 6. The second-order valence-electron chi connectivity index (χ2n) is 10.5. The highest BCUT2D eigenvalue weighted by atomic mass is 19.4. The molecule has 2 aliphatic heterocycles. The molecular formula is C25H28F4N6O4. The van der Waals surface area contributed by atoms with Crippen LogP contribution in [0.4, 0.5) is 28.2 Å². The van der Waals surface area contributed by atoms with Gasteiger partial charge in [-0.25, -0.2) is 14.0 Å². The van der Waals surface area contributed by atoms with Gasteiger partial charge in [-0.15, -0.1) is 13.2 Å². The molecule has 2 aromatic rings. The third kappa shape index (κ3) is 6.09. The summed E-state index contributed by atoms with van der Waals surface area (Å²) in [4.78, 5) is 45.7. The Balaban J connectivity index is 1.34. The molecule has 3 heterocycles. The summed E-state index contributed by atoms with van der Waals surface area (Å²) in [6.45, 7) is 1.07. The van der Waals surface area contributed by atoms with E-state index in [0.29, 0.717) is 37.9 Å². The first kappa shape index (κ1) is 26.8. The third-order valence-electron chi connectivity index (χ3n) is 7.36. The van der Waals surface area contributed by atoms with Gasteiger partial charge in [0.2, 0.25) is 5.91 Å². The van der Waals surface area contributed by atoms with Crippen molar-refractivity contribution in [3.05, 3.63) is 52.3 Å². The molecule has 2 N–H and O–H groups in total. The minimum atomic E-state index is -4.94. The maximum Gasteiger partial charge on any atom is 0.573 e. The zero-order chi connectivity index (χ0) is 27.9. The van der Waals surface area contributed by atoms with E-state index in [1.165, 1.54) is 4.57 Å². The number of carbonyl (C=O) groups is 2. The summed E-state index contributed by atoms with van der Waals surface area (Å²) < 4.78 is 56.8. The second-order valence-corrected chi connectivity index (χ2v) is 10.5. The molecule has 3 fully saturated rings. The first-order valence-corrected chi connectivity index (χ1v) is 12.6. The number of amides is 3. The number of ether oxygens (including phenoxy) is 1. The van der Waals surface area contributed by atoms with E-state index in [-0.39, 0.29) is 36.5 Å². The van der Waals surface area contributed by atoms with Crippen molar-refractivity contribution in [2.24, 2.45) is 12.5 Å². The van der Waals surface area contributed by atoms with Gasteiger partial charge in [-0.1, -0.05) is 6.07 Å².